The molecule has 0 bridgehead atoms. The molecule has 0 radical (unpaired) electrons. The number of hydrogen-bond donors (Lipinski definition) is 2. The number of rotatable bonds is 5. The fourth-order valence-corrected chi connectivity index (χ4v) is 1.78. The summed E-state index contributed by atoms with van der Waals surface area (Å²) in [5.74, 6) is 0.0293. The Morgan fingerprint density at radius 1 is 1.05 bits per heavy atom. The number of amides is 1. The van der Waals surface area contributed by atoms with Crippen molar-refractivity contribution in [2.45, 2.75) is 12.8 Å². The van der Waals surface area contributed by atoms with Crippen molar-refractivity contribution < 1.29 is 4.79 Å². The van der Waals surface area contributed by atoms with Gasteiger partial charge in [0.25, 0.3) is 0 Å². The maximum atomic E-state index is 11.7. The highest BCUT2D eigenvalue weighted by atomic mass is 16.1. The van der Waals surface area contributed by atoms with Crippen LogP contribution in [-0.4, -0.2) is 17.4 Å². The molecule has 1 aromatic carbocycles. The van der Waals surface area contributed by atoms with Crippen molar-refractivity contribution in [2.24, 2.45) is 0 Å². The van der Waals surface area contributed by atoms with Gasteiger partial charge in [0.05, 0.1) is 6.42 Å². The third kappa shape index (κ3) is 4.43. The Bertz CT molecular complexity index is 523. The third-order valence-corrected chi connectivity index (χ3v) is 2.83. The molecule has 0 fully saturated rings. The van der Waals surface area contributed by atoms with Crippen LogP contribution in [0.5, 0.6) is 0 Å². The van der Waals surface area contributed by atoms with E-state index in [0.29, 0.717) is 13.0 Å². The van der Waals surface area contributed by atoms with E-state index < -0.39 is 0 Å². The fourth-order valence-electron chi connectivity index (χ4n) is 1.78. The molecular weight excluding hydrogens is 238 g/mol. The van der Waals surface area contributed by atoms with Crippen molar-refractivity contribution in [3.05, 3.63) is 59.9 Å². The highest BCUT2D eigenvalue weighted by molar-refractivity contribution is 5.78. The number of aromatic nitrogens is 1. The molecule has 0 aliphatic rings. The smallest absolute Gasteiger partial charge is 0.224 e. The van der Waals surface area contributed by atoms with Crippen LogP contribution >= 0.6 is 0 Å². The van der Waals surface area contributed by atoms with Crippen LogP contribution < -0.4 is 11.1 Å². The zero-order valence-corrected chi connectivity index (χ0v) is 10.7. The average molecular weight is 255 g/mol. The van der Waals surface area contributed by atoms with Crippen molar-refractivity contribution in [3.63, 3.8) is 0 Å². The predicted molar refractivity (Wildman–Crippen MR) is 75.5 cm³/mol. The number of carbonyl (C=O) groups is 1. The molecule has 19 heavy (non-hydrogen) atoms. The Kier molecular flexibility index (Phi) is 4.50. The lowest BCUT2D eigenvalue weighted by Crippen LogP contribution is -2.27. The number of nitrogens with one attached hydrogen (secondary N) is 1. The van der Waals surface area contributed by atoms with Gasteiger partial charge in [0, 0.05) is 24.6 Å². The van der Waals surface area contributed by atoms with Gasteiger partial charge >= 0.3 is 0 Å². The van der Waals surface area contributed by atoms with Gasteiger partial charge in [-0.25, -0.2) is 0 Å². The van der Waals surface area contributed by atoms with Gasteiger partial charge in [-0.1, -0.05) is 12.1 Å². The van der Waals surface area contributed by atoms with E-state index in [1.807, 2.05) is 36.4 Å². The van der Waals surface area contributed by atoms with Crippen molar-refractivity contribution >= 4 is 11.6 Å². The molecule has 0 atom stereocenters. The van der Waals surface area contributed by atoms with Crippen LogP contribution in [0.15, 0.2) is 48.8 Å². The van der Waals surface area contributed by atoms with E-state index in [1.54, 1.807) is 12.4 Å². The van der Waals surface area contributed by atoms with Gasteiger partial charge < -0.3 is 11.1 Å². The topological polar surface area (TPSA) is 68.0 Å². The maximum absolute atomic E-state index is 11.7. The first-order chi connectivity index (χ1) is 9.24. The van der Waals surface area contributed by atoms with Crippen LogP contribution in [-0.2, 0) is 17.6 Å². The van der Waals surface area contributed by atoms with Gasteiger partial charge in [0.2, 0.25) is 5.91 Å². The predicted octanol–water partition coefficient (Wildman–Crippen LogP) is 1.57. The van der Waals surface area contributed by atoms with Gasteiger partial charge in [-0.15, -0.1) is 0 Å². The summed E-state index contributed by atoms with van der Waals surface area (Å²) < 4.78 is 0. The van der Waals surface area contributed by atoms with Gasteiger partial charge in [-0.05, 0) is 41.8 Å². The van der Waals surface area contributed by atoms with Gasteiger partial charge in [-0.2, -0.15) is 0 Å². The summed E-state index contributed by atoms with van der Waals surface area (Å²) >= 11 is 0. The molecule has 0 aliphatic carbocycles. The lowest BCUT2D eigenvalue weighted by atomic mass is 10.1. The van der Waals surface area contributed by atoms with Crippen LogP contribution in [0, 0.1) is 0 Å². The van der Waals surface area contributed by atoms with E-state index in [4.69, 9.17) is 5.73 Å². The maximum Gasteiger partial charge on any atom is 0.224 e. The molecule has 1 aromatic heterocycles. The zero-order valence-electron chi connectivity index (χ0n) is 10.7. The molecule has 0 spiro atoms. The number of nitrogen functional groups attached to an aromatic ring is 1. The number of nitrogens with two attached hydrogens (primary N) is 1. The standard InChI is InChI=1S/C15H17N3O/c16-14-3-1-12(2-4-14)7-10-18-15(19)11-13-5-8-17-9-6-13/h1-6,8-9H,7,10-11,16H2,(H,18,19). The molecule has 98 valence electrons. The quantitative estimate of drug-likeness (QED) is 0.797. The van der Waals surface area contributed by atoms with Crippen molar-refractivity contribution in [3.8, 4) is 0 Å². The number of benzene rings is 1. The molecule has 3 N–H and O–H groups in total. The highest BCUT2D eigenvalue weighted by Gasteiger charge is 2.02. The Morgan fingerprint density at radius 2 is 1.74 bits per heavy atom. The van der Waals surface area contributed by atoms with Crippen molar-refractivity contribution in [1.82, 2.24) is 10.3 Å². The normalized spacial score (nSPS) is 10.1. The molecule has 2 rings (SSSR count). The molecule has 1 amide bonds. The Labute approximate surface area is 112 Å². The summed E-state index contributed by atoms with van der Waals surface area (Å²) in [6.45, 7) is 0.633. The number of nitrogens with zero attached hydrogens (tertiary/aromatic N) is 1. The summed E-state index contributed by atoms with van der Waals surface area (Å²) in [5.41, 5.74) is 8.51. The Balaban J connectivity index is 1.74. The van der Waals surface area contributed by atoms with Crippen LogP contribution in [0.1, 0.15) is 11.1 Å². The second-order valence-corrected chi connectivity index (χ2v) is 4.37. The van der Waals surface area contributed by atoms with E-state index in [-0.39, 0.29) is 5.91 Å². The van der Waals surface area contributed by atoms with E-state index in [9.17, 15) is 4.79 Å². The summed E-state index contributed by atoms with van der Waals surface area (Å²) in [7, 11) is 0. The van der Waals surface area contributed by atoms with E-state index in [1.165, 1.54) is 5.56 Å². The van der Waals surface area contributed by atoms with Crippen LogP contribution in [0.25, 0.3) is 0 Å². The number of carbonyl (C=O) groups excluding carboxylic acids is 1. The van der Waals surface area contributed by atoms with Crippen LogP contribution in [0.3, 0.4) is 0 Å². The lowest BCUT2D eigenvalue weighted by molar-refractivity contribution is -0.120. The first kappa shape index (κ1) is 13.1. The minimum atomic E-state index is 0.0293. The molecular formula is C15H17N3O. The van der Waals surface area contributed by atoms with Gasteiger partial charge in [-0.3, -0.25) is 9.78 Å². The highest BCUT2D eigenvalue weighted by Crippen LogP contribution is 2.05. The molecule has 0 unspecified atom stereocenters. The van der Waals surface area contributed by atoms with Crippen LogP contribution in [0.4, 0.5) is 5.69 Å². The molecule has 0 saturated heterocycles. The monoisotopic (exact) mass is 255 g/mol. The fraction of sp³-hybridized carbons (Fsp3) is 0.200. The van der Waals surface area contributed by atoms with E-state index in [0.717, 1.165) is 17.7 Å². The number of pyridine rings is 1. The van der Waals surface area contributed by atoms with Crippen molar-refractivity contribution in [1.29, 1.82) is 0 Å². The molecule has 0 aliphatic heterocycles. The minimum absolute atomic E-state index is 0.0293. The summed E-state index contributed by atoms with van der Waals surface area (Å²) in [4.78, 5) is 15.6. The summed E-state index contributed by atoms with van der Waals surface area (Å²) in [6, 6.07) is 11.4. The van der Waals surface area contributed by atoms with E-state index in [2.05, 4.69) is 10.3 Å². The van der Waals surface area contributed by atoms with Gasteiger partial charge in [0.15, 0.2) is 0 Å². The van der Waals surface area contributed by atoms with E-state index >= 15 is 0 Å². The van der Waals surface area contributed by atoms with Crippen LogP contribution in [0.2, 0.25) is 0 Å². The molecule has 0 saturated carbocycles. The largest absolute Gasteiger partial charge is 0.399 e. The lowest BCUT2D eigenvalue weighted by Gasteiger charge is -2.05. The Morgan fingerprint density at radius 3 is 2.42 bits per heavy atom. The van der Waals surface area contributed by atoms with Gasteiger partial charge in [0.1, 0.15) is 0 Å². The zero-order chi connectivity index (χ0) is 13.5. The number of anilines is 1. The minimum Gasteiger partial charge on any atom is -0.399 e. The summed E-state index contributed by atoms with van der Waals surface area (Å²) in [5, 5.41) is 2.90. The molecule has 4 heteroatoms. The molecule has 2 aromatic rings. The SMILES string of the molecule is Nc1ccc(CCNC(=O)Cc2ccncc2)cc1. The molecule has 1 heterocycles. The first-order valence-electron chi connectivity index (χ1n) is 6.24. The summed E-state index contributed by atoms with van der Waals surface area (Å²) in [6.07, 6.45) is 4.58. The average Bonchev–Trinajstić information content (AvgIpc) is 2.42. The second-order valence-electron chi connectivity index (χ2n) is 4.37. The number of hydrogen-bond acceptors (Lipinski definition) is 3. The Hall–Kier alpha value is -2.36. The molecule has 4 nitrogen and oxygen atoms in total. The second kappa shape index (κ2) is 6.54. The first-order valence-corrected chi connectivity index (χ1v) is 6.24. The van der Waals surface area contributed by atoms with Crippen molar-refractivity contribution in [2.75, 3.05) is 12.3 Å². The third-order valence-electron chi connectivity index (χ3n) is 2.83.